The number of methoxy groups -OCH3 is 3. The number of aliphatic imine (C=N–C) groups is 1. The van der Waals surface area contributed by atoms with E-state index in [-0.39, 0.29) is 24.6 Å². The van der Waals surface area contributed by atoms with Gasteiger partial charge < -0.3 is 24.8 Å². The molecular weight excluding hydrogens is 406 g/mol. The van der Waals surface area contributed by atoms with Gasteiger partial charge >= 0.3 is 6.18 Å². The number of rotatable bonds is 7. The highest BCUT2D eigenvalue weighted by molar-refractivity contribution is 5.79. The fourth-order valence-electron chi connectivity index (χ4n) is 2.79. The first-order valence-corrected chi connectivity index (χ1v) is 8.82. The van der Waals surface area contributed by atoms with Gasteiger partial charge in [-0.15, -0.1) is 0 Å². The van der Waals surface area contributed by atoms with Crippen molar-refractivity contribution in [1.82, 2.24) is 10.6 Å². The van der Waals surface area contributed by atoms with Gasteiger partial charge in [0.15, 0.2) is 17.5 Å². The zero-order valence-electron chi connectivity index (χ0n) is 17.0. The molecule has 2 rings (SSSR count). The molecule has 0 saturated carbocycles. The Kier molecular flexibility index (Phi) is 7.73. The minimum absolute atomic E-state index is 0.0976. The Labute approximate surface area is 171 Å². The number of ether oxygens (including phenoxy) is 3. The summed E-state index contributed by atoms with van der Waals surface area (Å²) in [6, 6.07) is 6.03. The zero-order chi connectivity index (χ0) is 22.3. The fraction of sp³-hybridized carbons (Fsp3) is 0.350. The van der Waals surface area contributed by atoms with Crippen molar-refractivity contribution in [3.8, 4) is 17.2 Å². The van der Waals surface area contributed by atoms with Crippen molar-refractivity contribution in [3.63, 3.8) is 0 Å². The van der Waals surface area contributed by atoms with E-state index in [2.05, 4.69) is 15.6 Å². The van der Waals surface area contributed by atoms with Crippen molar-refractivity contribution in [2.75, 3.05) is 28.4 Å². The Morgan fingerprint density at radius 3 is 2.03 bits per heavy atom. The second-order valence-electron chi connectivity index (χ2n) is 6.11. The van der Waals surface area contributed by atoms with Gasteiger partial charge in [-0.1, -0.05) is 6.07 Å². The quantitative estimate of drug-likeness (QED) is 0.399. The predicted molar refractivity (Wildman–Crippen MR) is 105 cm³/mol. The molecule has 0 aromatic heterocycles. The molecule has 10 heteroatoms. The van der Waals surface area contributed by atoms with Crippen molar-refractivity contribution in [2.45, 2.75) is 19.3 Å². The third-order valence-corrected chi connectivity index (χ3v) is 4.23. The second-order valence-corrected chi connectivity index (χ2v) is 6.11. The van der Waals surface area contributed by atoms with Gasteiger partial charge in [0.2, 0.25) is 5.75 Å². The van der Waals surface area contributed by atoms with Gasteiger partial charge in [-0.2, -0.15) is 13.2 Å². The van der Waals surface area contributed by atoms with Crippen LogP contribution in [0.3, 0.4) is 0 Å². The molecule has 0 spiro atoms. The van der Waals surface area contributed by atoms with Gasteiger partial charge in [0.05, 0.1) is 26.9 Å². The van der Waals surface area contributed by atoms with E-state index in [1.165, 1.54) is 28.4 Å². The number of alkyl halides is 3. The van der Waals surface area contributed by atoms with Crippen molar-refractivity contribution in [2.24, 2.45) is 4.99 Å². The maximum atomic E-state index is 13.2. The lowest BCUT2D eigenvalue weighted by Crippen LogP contribution is -2.36. The smallest absolute Gasteiger partial charge is 0.416 e. The lowest BCUT2D eigenvalue weighted by molar-refractivity contribution is -0.138. The van der Waals surface area contributed by atoms with Crippen LogP contribution in [0, 0.1) is 5.82 Å². The zero-order valence-corrected chi connectivity index (χ0v) is 17.0. The van der Waals surface area contributed by atoms with Crippen LogP contribution in [0.2, 0.25) is 0 Å². The fourth-order valence-corrected chi connectivity index (χ4v) is 2.79. The summed E-state index contributed by atoms with van der Waals surface area (Å²) in [5.41, 5.74) is -0.361. The summed E-state index contributed by atoms with van der Waals surface area (Å²) in [5, 5.41) is 5.79. The molecule has 0 radical (unpaired) electrons. The molecule has 6 nitrogen and oxygen atoms in total. The van der Waals surface area contributed by atoms with Gasteiger partial charge in [0, 0.05) is 20.1 Å². The Morgan fingerprint density at radius 1 is 0.933 bits per heavy atom. The molecule has 0 bridgehead atoms. The van der Waals surface area contributed by atoms with Crippen molar-refractivity contribution < 1.29 is 31.8 Å². The molecule has 164 valence electrons. The van der Waals surface area contributed by atoms with Crippen LogP contribution in [-0.2, 0) is 19.3 Å². The Balaban J connectivity index is 2.10. The molecule has 2 aromatic carbocycles. The molecule has 0 saturated heterocycles. The molecule has 2 N–H and O–H groups in total. The maximum absolute atomic E-state index is 13.2. The molecule has 0 heterocycles. The van der Waals surface area contributed by atoms with Crippen LogP contribution in [0.5, 0.6) is 17.2 Å². The van der Waals surface area contributed by atoms with Crippen LogP contribution < -0.4 is 24.8 Å². The van der Waals surface area contributed by atoms with Crippen molar-refractivity contribution >= 4 is 5.96 Å². The lowest BCUT2D eigenvalue weighted by atomic mass is 10.1. The van der Waals surface area contributed by atoms with E-state index >= 15 is 0 Å². The van der Waals surface area contributed by atoms with E-state index in [0.717, 1.165) is 17.7 Å². The highest BCUT2D eigenvalue weighted by Gasteiger charge is 2.33. The molecule has 30 heavy (non-hydrogen) atoms. The molecule has 0 atom stereocenters. The minimum atomic E-state index is -4.66. The first-order valence-electron chi connectivity index (χ1n) is 8.82. The van der Waals surface area contributed by atoms with Crippen molar-refractivity contribution in [1.29, 1.82) is 0 Å². The average molecular weight is 429 g/mol. The highest BCUT2D eigenvalue weighted by atomic mass is 19.4. The summed E-state index contributed by atoms with van der Waals surface area (Å²) in [6.45, 7) is 0.0932. The van der Waals surface area contributed by atoms with E-state index in [0.29, 0.717) is 23.3 Å². The summed E-state index contributed by atoms with van der Waals surface area (Å²) in [6.07, 6.45) is -4.66. The van der Waals surface area contributed by atoms with Gasteiger partial charge in [0.1, 0.15) is 5.82 Å². The highest BCUT2D eigenvalue weighted by Crippen LogP contribution is 2.38. The van der Waals surface area contributed by atoms with Gasteiger partial charge in [-0.3, -0.25) is 4.99 Å². The Hall–Kier alpha value is -3.17. The second kappa shape index (κ2) is 10.0. The SMILES string of the molecule is CN=C(NCc1cc(OC)c(OC)c(OC)c1)NCc1ccc(F)cc1C(F)(F)F. The first-order chi connectivity index (χ1) is 14.2. The molecular formula is C20H23F4N3O3. The van der Waals surface area contributed by atoms with Gasteiger partial charge in [-0.25, -0.2) is 4.39 Å². The van der Waals surface area contributed by atoms with Gasteiger partial charge in [-0.05, 0) is 35.4 Å². The van der Waals surface area contributed by atoms with E-state index in [1.54, 1.807) is 12.1 Å². The van der Waals surface area contributed by atoms with E-state index in [1.807, 2.05) is 0 Å². The number of benzene rings is 2. The normalized spacial score (nSPS) is 11.8. The average Bonchev–Trinajstić information content (AvgIpc) is 2.72. The van der Waals surface area contributed by atoms with Crippen LogP contribution in [-0.4, -0.2) is 34.3 Å². The molecule has 0 aliphatic carbocycles. The van der Waals surface area contributed by atoms with Crippen LogP contribution in [0.4, 0.5) is 17.6 Å². The molecule has 0 aliphatic rings. The standard InChI is InChI=1S/C20H23F4N3O3/c1-25-19(27-11-13-5-6-14(21)9-15(13)20(22,23)24)26-10-12-7-16(28-2)18(30-4)17(8-12)29-3/h5-9H,10-11H2,1-4H3,(H2,25,26,27). The van der Waals surface area contributed by atoms with Crippen LogP contribution in [0.15, 0.2) is 35.3 Å². The number of nitrogens with one attached hydrogen (secondary N) is 2. The van der Waals surface area contributed by atoms with Crippen LogP contribution >= 0.6 is 0 Å². The predicted octanol–water partition coefficient (Wildman–Crippen LogP) is 3.74. The van der Waals surface area contributed by atoms with Crippen molar-refractivity contribution in [3.05, 3.63) is 52.8 Å². The maximum Gasteiger partial charge on any atom is 0.416 e. The summed E-state index contributed by atoms with van der Waals surface area (Å²) < 4.78 is 68.5. The summed E-state index contributed by atoms with van der Waals surface area (Å²) >= 11 is 0. The monoisotopic (exact) mass is 429 g/mol. The van der Waals surface area contributed by atoms with E-state index in [4.69, 9.17) is 14.2 Å². The summed E-state index contributed by atoms with van der Waals surface area (Å²) in [5.74, 6) is 0.704. The van der Waals surface area contributed by atoms with E-state index in [9.17, 15) is 17.6 Å². The third-order valence-electron chi connectivity index (χ3n) is 4.23. The molecule has 2 aromatic rings. The Morgan fingerprint density at radius 2 is 1.53 bits per heavy atom. The number of nitrogens with zero attached hydrogens (tertiary/aromatic N) is 1. The Bertz CT molecular complexity index is 876. The third kappa shape index (κ3) is 5.68. The molecule has 0 aliphatic heterocycles. The number of halogens is 4. The van der Waals surface area contributed by atoms with Gasteiger partial charge in [0.25, 0.3) is 0 Å². The topological polar surface area (TPSA) is 64.1 Å². The summed E-state index contributed by atoms with van der Waals surface area (Å²) in [7, 11) is 5.97. The molecule has 0 unspecified atom stereocenters. The summed E-state index contributed by atoms with van der Waals surface area (Å²) in [4.78, 5) is 4.00. The minimum Gasteiger partial charge on any atom is -0.493 e. The van der Waals surface area contributed by atoms with E-state index < -0.39 is 17.6 Å². The number of hydrogen-bond donors (Lipinski definition) is 2. The van der Waals surface area contributed by atoms with Crippen LogP contribution in [0.25, 0.3) is 0 Å². The number of guanidine groups is 1. The molecule has 0 fully saturated rings. The first kappa shape index (κ1) is 23.1. The largest absolute Gasteiger partial charge is 0.493 e. The molecule has 0 amide bonds. The number of hydrogen-bond acceptors (Lipinski definition) is 4. The lowest BCUT2D eigenvalue weighted by Gasteiger charge is -2.17. The van der Waals surface area contributed by atoms with Crippen LogP contribution in [0.1, 0.15) is 16.7 Å².